The van der Waals surface area contributed by atoms with Crippen LogP contribution in [0.15, 0.2) is 114 Å². The topological polar surface area (TPSA) is 44.7 Å². The van der Waals surface area contributed by atoms with Crippen LogP contribution >= 0.6 is 0 Å². The normalized spacial score (nSPS) is 10.7. The van der Waals surface area contributed by atoms with E-state index >= 15 is 0 Å². The van der Waals surface area contributed by atoms with Crippen molar-refractivity contribution in [3.63, 3.8) is 0 Å². The number of amides is 1. The van der Waals surface area contributed by atoms with Crippen molar-refractivity contribution in [2.45, 2.75) is 6.92 Å². The molecule has 0 unspecified atom stereocenters. The minimum absolute atomic E-state index is 0.155. The molecule has 0 spiro atoms. The molecular weight excluding hydrogens is 382 g/mol. The van der Waals surface area contributed by atoms with E-state index in [9.17, 15) is 4.79 Å². The zero-order valence-electron chi connectivity index (χ0n) is 17.3. The average Bonchev–Trinajstić information content (AvgIpc) is 2.82. The van der Waals surface area contributed by atoms with Crippen molar-refractivity contribution >= 4 is 35.0 Å². The lowest BCUT2D eigenvalue weighted by atomic mass is 10.1. The largest absolute Gasteiger partial charge is 0.320 e. The van der Waals surface area contributed by atoms with Crippen LogP contribution in [0, 0.1) is 6.92 Å². The average molecular weight is 406 g/mol. The van der Waals surface area contributed by atoms with Crippen LogP contribution in [0.1, 0.15) is 15.9 Å². The Labute approximate surface area is 182 Å². The lowest BCUT2D eigenvalue weighted by molar-refractivity contribution is 0.102. The molecule has 0 saturated heterocycles. The Morgan fingerprint density at radius 3 is 2.03 bits per heavy atom. The first-order valence-corrected chi connectivity index (χ1v) is 10.1. The predicted octanol–water partition coefficient (Wildman–Crippen LogP) is 6.75. The predicted molar refractivity (Wildman–Crippen MR) is 129 cm³/mol. The van der Waals surface area contributed by atoms with Gasteiger partial charge in [0, 0.05) is 5.56 Å². The quantitative estimate of drug-likeness (QED) is 0.285. The van der Waals surface area contributed by atoms with Crippen molar-refractivity contribution in [3.05, 3.63) is 120 Å². The Kier molecular flexibility index (Phi) is 6.19. The summed E-state index contributed by atoms with van der Waals surface area (Å²) in [5, 5.41) is 3.05. The van der Waals surface area contributed by atoms with Crippen molar-refractivity contribution in [2.24, 2.45) is 4.99 Å². The number of carbonyl (C=O) groups is 1. The fourth-order valence-corrected chi connectivity index (χ4v) is 3.30. The molecule has 4 heteroatoms. The number of hydrogen-bond donors (Lipinski definition) is 1. The van der Waals surface area contributed by atoms with E-state index in [-0.39, 0.29) is 5.91 Å². The van der Waals surface area contributed by atoms with E-state index in [0.717, 1.165) is 22.6 Å². The van der Waals surface area contributed by atoms with Crippen molar-refractivity contribution in [1.29, 1.82) is 0 Å². The Hall–Kier alpha value is -4.18. The number of aryl methyl sites for hydroxylation is 1. The Balaban J connectivity index is 1.74. The molecule has 0 aliphatic heterocycles. The summed E-state index contributed by atoms with van der Waals surface area (Å²) in [4.78, 5) is 19.5. The lowest BCUT2D eigenvalue weighted by Gasteiger charge is -2.24. The van der Waals surface area contributed by atoms with E-state index < -0.39 is 0 Å². The maximum absolute atomic E-state index is 12.8. The third-order valence-electron chi connectivity index (χ3n) is 4.90. The number of carbonyl (C=O) groups excluding carboxylic acids is 1. The first kappa shape index (κ1) is 20.1. The van der Waals surface area contributed by atoms with E-state index in [1.54, 1.807) is 18.5 Å². The van der Waals surface area contributed by atoms with Gasteiger partial charge in [0.05, 0.1) is 22.7 Å². The molecule has 4 rings (SSSR count). The summed E-state index contributed by atoms with van der Waals surface area (Å²) >= 11 is 0. The van der Waals surface area contributed by atoms with Crippen LogP contribution in [-0.4, -0.2) is 12.2 Å². The highest BCUT2D eigenvalue weighted by molar-refractivity contribution is 6.07. The van der Waals surface area contributed by atoms with Gasteiger partial charge in [0.25, 0.3) is 5.91 Å². The van der Waals surface area contributed by atoms with E-state index in [4.69, 9.17) is 0 Å². The van der Waals surface area contributed by atoms with Crippen LogP contribution < -0.4 is 10.2 Å². The summed E-state index contributed by atoms with van der Waals surface area (Å²) in [6, 6.07) is 34.8. The second-order valence-electron chi connectivity index (χ2n) is 7.07. The van der Waals surface area contributed by atoms with Crippen LogP contribution in [0.25, 0.3) is 0 Å². The molecular formula is C27H23N3O. The lowest BCUT2D eigenvalue weighted by Crippen LogP contribution is -2.19. The maximum atomic E-state index is 12.8. The highest BCUT2D eigenvalue weighted by Crippen LogP contribution is 2.33. The molecule has 0 aromatic heterocycles. The Morgan fingerprint density at radius 1 is 0.742 bits per heavy atom. The van der Waals surface area contributed by atoms with Crippen LogP contribution in [0.4, 0.5) is 22.7 Å². The molecule has 0 radical (unpaired) electrons. The van der Waals surface area contributed by atoms with E-state index in [1.807, 2.05) is 95.9 Å². The zero-order chi connectivity index (χ0) is 21.5. The van der Waals surface area contributed by atoms with Crippen molar-refractivity contribution in [2.75, 3.05) is 10.2 Å². The van der Waals surface area contributed by atoms with Crippen LogP contribution in [0.3, 0.4) is 0 Å². The van der Waals surface area contributed by atoms with Gasteiger partial charge < -0.3 is 5.32 Å². The van der Waals surface area contributed by atoms with Gasteiger partial charge in [-0.25, -0.2) is 4.99 Å². The molecule has 31 heavy (non-hydrogen) atoms. The monoisotopic (exact) mass is 405 g/mol. The summed E-state index contributed by atoms with van der Waals surface area (Å²) in [6.07, 6.45) is 1.80. The second-order valence-corrected chi connectivity index (χ2v) is 7.07. The minimum Gasteiger partial charge on any atom is -0.320 e. The molecule has 1 N–H and O–H groups in total. The molecule has 152 valence electrons. The summed E-state index contributed by atoms with van der Waals surface area (Å²) < 4.78 is 0. The molecule has 0 aliphatic rings. The summed E-state index contributed by atoms with van der Waals surface area (Å²) in [5.74, 6) is -0.155. The number of aliphatic imine (C=N–C) groups is 1. The van der Waals surface area contributed by atoms with Gasteiger partial charge in [0.1, 0.15) is 6.34 Å². The third-order valence-corrected chi connectivity index (χ3v) is 4.90. The highest BCUT2D eigenvalue weighted by atomic mass is 16.1. The molecule has 4 aromatic carbocycles. The molecule has 0 fully saturated rings. The molecule has 0 aliphatic carbocycles. The van der Waals surface area contributed by atoms with Crippen LogP contribution in [0.5, 0.6) is 0 Å². The van der Waals surface area contributed by atoms with Crippen LogP contribution in [0.2, 0.25) is 0 Å². The molecule has 0 saturated carbocycles. The summed E-state index contributed by atoms with van der Waals surface area (Å²) in [7, 11) is 0. The number of para-hydroxylation sites is 4. The van der Waals surface area contributed by atoms with Gasteiger partial charge in [0.2, 0.25) is 0 Å². The number of hydrogen-bond acceptors (Lipinski definition) is 2. The van der Waals surface area contributed by atoms with E-state index in [0.29, 0.717) is 11.3 Å². The number of nitrogens with zero attached hydrogens (tertiary/aromatic N) is 2. The molecule has 1 amide bonds. The fraction of sp³-hybridized carbons (Fsp3) is 0.0370. The van der Waals surface area contributed by atoms with Gasteiger partial charge in [-0.05, 0) is 55.0 Å². The smallest absolute Gasteiger partial charge is 0.255 e. The number of anilines is 3. The molecule has 0 atom stereocenters. The SMILES string of the molecule is Cc1ccccc1N(C=Nc1ccccc1)c1ccccc1NC(=O)c1ccccc1. The first-order valence-electron chi connectivity index (χ1n) is 10.1. The number of nitrogens with one attached hydrogen (secondary N) is 1. The van der Waals surface area contributed by atoms with E-state index in [2.05, 4.69) is 23.3 Å². The van der Waals surface area contributed by atoms with Gasteiger partial charge >= 0.3 is 0 Å². The molecule has 0 bridgehead atoms. The molecule has 4 aromatic rings. The minimum atomic E-state index is -0.155. The van der Waals surface area contributed by atoms with Crippen LogP contribution in [-0.2, 0) is 0 Å². The van der Waals surface area contributed by atoms with Gasteiger partial charge in [-0.3, -0.25) is 9.69 Å². The van der Waals surface area contributed by atoms with Gasteiger partial charge in [-0.15, -0.1) is 0 Å². The highest BCUT2D eigenvalue weighted by Gasteiger charge is 2.15. The maximum Gasteiger partial charge on any atom is 0.255 e. The third kappa shape index (κ3) is 4.87. The fourth-order valence-electron chi connectivity index (χ4n) is 3.30. The Morgan fingerprint density at radius 2 is 1.32 bits per heavy atom. The van der Waals surface area contributed by atoms with Gasteiger partial charge in [-0.1, -0.05) is 66.7 Å². The summed E-state index contributed by atoms with van der Waals surface area (Å²) in [6.45, 7) is 2.06. The first-order chi connectivity index (χ1) is 15.2. The van der Waals surface area contributed by atoms with Crippen molar-refractivity contribution in [3.8, 4) is 0 Å². The van der Waals surface area contributed by atoms with Crippen molar-refractivity contribution in [1.82, 2.24) is 0 Å². The molecule has 0 heterocycles. The number of rotatable bonds is 6. The number of benzene rings is 4. The van der Waals surface area contributed by atoms with Gasteiger partial charge in [0.15, 0.2) is 0 Å². The standard InChI is InChI=1S/C27H23N3O/c1-21-12-8-10-18-25(21)30(20-28-23-15-6-3-7-16-23)26-19-11-9-17-24(26)29-27(31)22-13-4-2-5-14-22/h2-20H,1H3,(H,29,31). The van der Waals surface area contributed by atoms with E-state index in [1.165, 1.54) is 0 Å². The molecule has 4 nitrogen and oxygen atoms in total. The Bertz CT molecular complexity index is 1190. The zero-order valence-corrected chi connectivity index (χ0v) is 17.3. The van der Waals surface area contributed by atoms with Gasteiger partial charge in [-0.2, -0.15) is 0 Å². The summed E-state index contributed by atoms with van der Waals surface area (Å²) in [5.41, 5.74) is 5.10. The second kappa shape index (κ2) is 9.55. The van der Waals surface area contributed by atoms with Crippen molar-refractivity contribution < 1.29 is 4.79 Å².